The second-order valence-electron chi connectivity index (χ2n) is 8.00. The van der Waals surface area contributed by atoms with E-state index in [0.717, 1.165) is 12.8 Å². The maximum Gasteiger partial charge on any atom is -0.147 e. The first-order chi connectivity index (χ1) is 14.8. The molecule has 0 amide bonds. The van der Waals surface area contributed by atoms with Gasteiger partial charge in [0.1, 0.15) is 0 Å². The van der Waals surface area contributed by atoms with E-state index in [0.29, 0.717) is 5.92 Å². The van der Waals surface area contributed by atoms with E-state index in [1.54, 1.807) is 25.5 Å². The van der Waals surface area contributed by atoms with Crippen LogP contribution in [0.3, 0.4) is 0 Å². The zero-order valence-corrected chi connectivity index (χ0v) is 23.3. The third kappa shape index (κ3) is 5.44. The summed E-state index contributed by atoms with van der Waals surface area (Å²) in [4.78, 5) is 0. The van der Waals surface area contributed by atoms with E-state index in [9.17, 15) is 0 Å². The van der Waals surface area contributed by atoms with Crippen LogP contribution in [-0.2, 0) is 22.8 Å². The predicted molar refractivity (Wildman–Crippen MR) is 141 cm³/mol. The van der Waals surface area contributed by atoms with Gasteiger partial charge in [0.05, 0.1) is 0 Å². The standard InChI is InChI=1S/C16H21.C13H10.2ClH.Zr/c1-4-12-11-16(13-9-7-8-10-13)15(6-3)14(12)5-2;1-3-7-12(8-4-1)11-13-9-5-2-6-10-13;;;/h7-9,16H,4-6,10H2,1-3H3;1-10H;2*1H;. The van der Waals surface area contributed by atoms with Crippen LogP contribution < -0.4 is 0 Å². The molecule has 0 spiro atoms. The zero-order chi connectivity index (χ0) is 20.9. The third-order valence-electron chi connectivity index (χ3n) is 6.36. The van der Waals surface area contributed by atoms with Crippen LogP contribution in [0.1, 0.15) is 57.6 Å². The molecule has 0 N–H and O–H groups in total. The summed E-state index contributed by atoms with van der Waals surface area (Å²) in [5, 5.41) is 0. The van der Waals surface area contributed by atoms with Crippen molar-refractivity contribution in [3.8, 4) is 0 Å². The molecular formula is C29H33Cl2Zr. The van der Waals surface area contributed by atoms with Gasteiger partial charge in [-0.1, -0.05) is 0 Å². The minimum atomic E-state index is -1.00. The average molecular weight is 544 g/mol. The quantitative estimate of drug-likeness (QED) is 0.329. The number of benzene rings is 2. The Morgan fingerprint density at radius 1 is 0.781 bits per heavy atom. The molecular weight excluding hydrogens is 510 g/mol. The molecule has 3 heteroatoms. The summed E-state index contributed by atoms with van der Waals surface area (Å²) in [6, 6.07) is 22.3. The Bertz CT molecular complexity index is 1020. The first-order valence-corrected chi connectivity index (χ1v) is 13.8. The summed E-state index contributed by atoms with van der Waals surface area (Å²) in [6.45, 7) is 7.08. The van der Waals surface area contributed by atoms with Crippen molar-refractivity contribution in [1.29, 1.82) is 0 Å². The van der Waals surface area contributed by atoms with Crippen molar-refractivity contribution in [3.05, 3.63) is 116 Å². The summed E-state index contributed by atoms with van der Waals surface area (Å²) in [7, 11) is 0. The molecule has 2 aliphatic carbocycles. The van der Waals surface area contributed by atoms with Crippen LogP contribution in [0.5, 0.6) is 0 Å². The van der Waals surface area contributed by atoms with E-state index >= 15 is 0 Å². The Labute approximate surface area is 217 Å². The SMILES string of the molecule is CCC1=C(CC)C(C2=CC=CC2)[C]([Zr]=[C](c2ccccc2)c2ccccc2)=C1CC.Cl.Cl. The fourth-order valence-corrected chi connectivity index (χ4v) is 9.64. The Morgan fingerprint density at radius 2 is 1.34 bits per heavy atom. The topological polar surface area (TPSA) is 0 Å². The molecule has 1 atom stereocenters. The zero-order valence-electron chi connectivity index (χ0n) is 19.2. The monoisotopic (exact) mass is 541 g/mol. The molecule has 0 fully saturated rings. The molecule has 2 aromatic carbocycles. The number of hydrogen-bond donors (Lipinski definition) is 0. The molecule has 0 aliphatic heterocycles. The van der Waals surface area contributed by atoms with Crippen LogP contribution in [0.4, 0.5) is 0 Å². The maximum atomic E-state index is 2.40. The molecule has 2 aromatic rings. The van der Waals surface area contributed by atoms with Crippen LogP contribution in [0.2, 0.25) is 0 Å². The van der Waals surface area contributed by atoms with Gasteiger partial charge in [-0.25, -0.2) is 0 Å². The van der Waals surface area contributed by atoms with Gasteiger partial charge in [-0.3, -0.25) is 0 Å². The Morgan fingerprint density at radius 3 is 1.78 bits per heavy atom. The van der Waals surface area contributed by atoms with Crippen molar-refractivity contribution in [2.45, 2.75) is 46.5 Å². The molecule has 167 valence electrons. The van der Waals surface area contributed by atoms with E-state index in [4.69, 9.17) is 0 Å². The first kappa shape index (κ1) is 27.0. The van der Waals surface area contributed by atoms with Crippen LogP contribution >= 0.6 is 24.8 Å². The molecule has 32 heavy (non-hydrogen) atoms. The Hall–Kier alpha value is -1.27. The molecule has 0 saturated carbocycles. The van der Waals surface area contributed by atoms with Crippen molar-refractivity contribution < 1.29 is 22.8 Å². The second-order valence-corrected chi connectivity index (χ2v) is 11.2. The normalized spacial score (nSPS) is 17.0. The van der Waals surface area contributed by atoms with E-state index in [1.807, 2.05) is 3.28 Å². The molecule has 0 aromatic heterocycles. The van der Waals surface area contributed by atoms with E-state index in [-0.39, 0.29) is 24.8 Å². The minimum Gasteiger partial charge on any atom is -0.147 e. The number of halogens is 2. The van der Waals surface area contributed by atoms with E-state index < -0.39 is 22.8 Å². The number of allylic oxidation sites excluding steroid dienone is 8. The Balaban J connectivity index is 0.00000181. The van der Waals surface area contributed by atoms with Crippen molar-refractivity contribution in [1.82, 2.24) is 0 Å². The van der Waals surface area contributed by atoms with Gasteiger partial charge in [0.2, 0.25) is 0 Å². The summed E-state index contributed by atoms with van der Waals surface area (Å²) in [6.07, 6.45) is 11.6. The minimum absolute atomic E-state index is 0. The van der Waals surface area contributed by atoms with Gasteiger partial charge >= 0.3 is 194 Å². The van der Waals surface area contributed by atoms with Crippen molar-refractivity contribution in [2.24, 2.45) is 5.92 Å². The molecule has 0 radical (unpaired) electrons. The first-order valence-electron chi connectivity index (χ1n) is 11.3. The average Bonchev–Trinajstić information content (AvgIpc) is 3.43. The van der Waals surface area contributed by atoms with Crippen molar-refractivity contribution in [2.75, 3.05) is 0 Å². The molecule has 0 nitrogen and oxygen atoms in total. The molecule has 2 aliphatic rings. The van der Waals surface area contributed by atoms with Gasteiger partial charge in [0.25, 0.3) is 0 Å². The van der Waals surface area contributed by atoms with Crippen LogP contribution in [0, 0.1) is 5.92 Å². The maximum absolute atomic E-state index is 2.40. The smallest absolute Gasteiger partial charge is 0.147 e. The van der Waals surface area contributed by atoms with Crippen LogP contribution in [0.25, 0.3) is 0 Å². The van der Waals surface area contributed by atoms with Crippen LogP contribution in [0.15, 0.2) is 104 Å². The summed E-state index contributed by atoms with van der Waals surface area (Å²) in [5.41, 5.74) is 9.53. The molecule has 0 saturated heterocycles. The molecule has 0 bridgehead atoms. The van der Waals surface area contributed by atoms with Gasteiger partial charge < -0.3 is 0 Å². The number of hydrogen-bond acceptors (Lipinski definition) is 0. The summed E-state index contributed by atoms with van der Waals surface area (Å²) >= 11 is -1.00. The van der Waals surface area contributed by atoms with Crippen molar-refractivity contribution >= 4 is 28.0 Å². The fourth-order valence-electron chi connectivity index (χ4n) is 5.03. The van der Waals surface area contributed by atoms with Gasteiger partial charge in [0, 0.05) is 0 Å². The Kier molecular flexibility index (Phi) is 10.8. The fraction of sp³-hybridized carbons (Fsp3) is 0.276. The number of rotatable bonds is 7. The molecule has 1 unspecified atom stereocenters. The predicted octanol–water partition coefficient (Wildman–Crippen LogP) is 8.48. The second kappa shape index (κ2) is 12.8. The molecule has 4 rings (SSSR count). The largest absolute Gasteiger partial charge is 0.147 e. The van der Waals surface area contributed by atoms with E-state index in [2.05, 4.69) is 99.7 Å². The van der Waals surface area contributed by atoms with Gasteiger partial charge in [-0.2, -0.15) is 0 Å². The molecule has 0 heterocycles. The van der Waals surface area contributed by atoms with Gasteiger partial charge in [-0.15, -0.1) is 24.8 Å². The summed E-state index contributed by atoms with van der Waals surface area (Å²) in [5.74, 6) is 0.559. The van der Waals surface area contributed by atoms with Gasteiger partial charge in [0.15, 0.2) is 0 Å². The van der Waals surface area contributed by atoms with E-state index in [1.165, 1.54) is 24.0 Å². The van der Waals surface area contributed by atoms with Crippen LogP contribution in [-0.4, -0.2) is 3.21 Å². The van der Waals surface area contributed by atoms with Crippen molar-refractivity contribution in [3.63, 3.8) is 0 Å². The summed E-state index contributed by atoms with van der Waals surface area (Å²) < 4.78 is 3.43. The third-order valence-corrected chi connectivity index (χ3v) is 10.5. The van der Waals surface area contributed by atoms with Gasteiger partial charge in [-0.05, 0) is 0 Å².